The predicted molar refractivity (Wildman–Crippen MR) is 75.0 cm³/mol. The van der Waals surface area contributed by atoms with Crippen molar-refractivity contribution in [3.63, 3.8) is 0 Å². The van der Waals surface area contributed by atoms with Gasteiger partial charge in [-0.15, -0.1) is 0 Å². The molecule has 0 aliphatic heterocycles. The van der Waals surface area contributed by atoms with E-state index in [2.05, 4.69) is 0 Å². The summed E-state index contributed by atoms with van der Waals surface area (Å²) in [4.78, 5) is 14.3. The molecule has 1 atom stereocenters. The number of rotatable bonds is 5. The van der Waals surface area contributed by atoms with E-state index in [9.17, 15) is 4.79 Å². The number of hydrogen-bond donors (Lipinski definition) is 1. The van der Waals surface area contributed by atoms with Crippen LogP contribution in [-0.2, 0) is 11.3 Å². The summed E-state index contributed by atoms with van der Waals surface area (Å²) < 4.78 is 0. The number of benzene rings is 1. The van der Waals surface area contributed by atoms with Crippen LogP contribution >= 0.6 is 0 Å². The van der Waals surface area contributed by atoms with E-state index in [0.717, 1.165) is 5.56 Å². The lowest BCUT2D eigenvalue weighted by Gasteiger charge is -2.34. The van der Waals surface area contributed by atoms with Crippen molar-refractivity contribution in [2.24, 2.45) is 5.73 Å². The Hall–Kier alpha value is -1.35. The average molecular weight is 248 g/mol. The first-order chi connectivity index (χ1) is 8.38. The van der Waals surface area contributed by atoms with Crippen molar-refractivity contribution < 1.29 is 4.79 Å². The van der Waals surface area contributed by atoms with Gasteiger partial charge in [-0.05, 0) is 32.8 Å². The maximum absolute atomic E-state index is 12.4. The summed E-state index contributed by atoms with van der Waals surface area (Å²) in [5, 5.41) is 0. The summed E-state index contributed by atoms with van der Waals surface area (Å²) in [6.45, 7) is 8.40. The monoisotopic (exact) mass is 248 g/mol. The van der Waals surface area contributed by atoms with Gasteiger partial charge in [-0.3, -0.25) is 4.79 Å². The van der Waals surface area contributed by atoms with Crippen LogP contribution in [0, 0.1) is 0 Å². The lowest BCUT2D eigenvalue weighted by Crippen LogP contribution is -2.54. The van der Waals surface area contributed by atoms with Crippen LogP contribution < -0.4 is 5.73 Å². The highest BCUT2D eigenvalue weighted by atomic mass is 16.2. The molecule has 0 fully saturated rings. The second-order valence-corrected chi connectivity index (χ2v) is 5.28. The molecule has 1 rings (SSSR count). The van der Waals surface area contributed by atoms with Gasteiger partial charge >= 0.3 is 0 Å². The summed E-state index contributed by atoms with van der Waals surface area (Å²) in [6, 6.07) is 10.2. The van der Waals surface area contributed by atoms with Crippen LogP contribution in [0.25, 0.3) is 0 Å². The van der Waals surface area contributed by atoms with Crippen molar-refractivity contribution in [2.45, 2.75) is 52.2 Å². The van der Waals surface area contributed by atoms with Gasteiger partial charge in [0.05, 0.1) is 5.54 Å². The molecule has 1 aromatic carbocycles. The van der Waals surface area contributed by atoms with Crippen LogP contribution in [0.15, 0.2) is 30.3 Å². The van der Waals surface area contributed by atoms with Crippen molar-refractivity contribution in [2.75, 3.05) is 0 Å². The predicted octanol–water partition coefficient (Wildman–Crippen LogP) is 2.55. The minimum absolute atomic E-state index is 0.0175. The van der Waals surface area contributed by atoms with E-state index >= 15 is 0 Å². The minimum Gasteiger partial charge on any atom is -0.334 e. The minimum atomic E-state index is -0.779. The van der Waals surface area contributed by atoms with Gasteiger partial charge in [0.1, 0.15) is 0 Å². The topological polar surface area (TPSA) is 46.3 Å². The summed E-state index contributed by atoms with van der Waals surface area (Å²) in [7, 11) is 0. The van der Waals surface area contributed by atoms with Crippen molar-refractivity contribution in [1.29, 1.82) is 0 Å². The number of carbonyl (C=O) groups excluding carboxylic acids is 1. The molecule has 0 aliphatic rings. The fourth-order valence-electron chi connectivity index (χ4n) is 1.75. The molecule has 1 amide bonds. The average Bonchev–Trinajstić information content (AvgIpc) is 2.36. The number of carbonyl (C=O) groups is 1. The van der Waals surface area contributed by atoms with Crippen molar-refractivity contribution in [1.82, 2.24) is 4.90 Å². The van der Waals surface area contributed by atoms with E-state index < -0.39 is 5.54 Å². The zero-order valence-corrected chi connectivity index (χ0v) is 11.8. The fraction of sp³-hybridized carbons (Fsp3) is 0.533. The summed E-state index contributed by atoms with van der Waals surface area (Å²) >= 11 is 0. The van der Waals surface area contributed by atoms with Crippen LogP contribution in [-0.4, -0.2) is 22.4 Å². The number of nitrogens with zero attached hydrogens (tertiary/aromatic N) is 1. The SMILES string of the molecule is CCC(C)(N)C(=O)N(Cc1ccccc1)C(C)C. The third-order valence-electron chi connectivity index (χ3n) is 3.30. The standard InChI is InChI=1S/C15H24N2O/c1-5-15(4,16)14(18)17(12(2)3)11-13-9-7-6-8-10-13/h6-10,12H,5,11,16H2,1-4H3. The maximum atomic E-state index is 12.4. The van der Waals surface area contributed by atoms with Crippen molar-refractivity contribution in [3.8, 4) is 0 Å². The molecule has 3 heteroatoms. The van der Waals surface area contributed by atoms with Gasteiger partial charge in [0, 0.05) is 12.6 Å². The fourth-order valence-corrected chi connectivity index (χ4v) is 1.75. The highest BCUT2D eigenvalue weighted by Crippen LogP contribution is 2.16. The van der Waals surface area contributed by atoms with Gasteiger partial charge < -0.3 is 10.6 Å². The molecule has 0 saturated heterocycles. The Balaban J connectivity index is 2.88. The Kier molecular flexibility index (Phi) is 4.91. The lowest BCUT2D eigenvalue weighted by atomic mass is 9.97. The molecule has 0 saturated carbocycles. The maximum Gasteiger partial charge on any atom is 0.242 e. The first-order valence-electron chi connectivity index (χ1n) is 6.52. The van der Waals surface area contributed by atoms with E-state index in [4.69, 9.17) is 5.73 Å². The van der Waals surface area contributed by atoms with Crippen LogP contribution in [0.1, 0.15) is 39.7 Å². The van der Waals surface area contributed by atoms with Gasteiger partial charge in [0.25, 0.3) is 0 Å². The Labute approximate surface area is 110 Å². The molecule has 1 unspecified atom stereocenters. The highest BCUT2D eigenvalue weighted by molar-refractivity contribution is 5.85. The first kappa shape index (κ1) is 14.7. The molecule has 100 valence electrons. The molecular formula is C15H24N2O. The Morgan fingerprint density at radius 2 is 1.89 bits per heavy atom. The Bertz CT molecular complexity index is 385. The zero-order chi connectivity index (χ0) is 13.8. The smallest absolute Gasteiger partial charge is 0.242 e. The quantitative estimate of drug-likeness (QED) is 0.870. The molecular weight excluding hydrogens is 224 g/mol. The second-order valence-electron chi connectivity index (χ2n) is 5.28. The third-order valence-corrected chi connectivity index (χ3v) is 3.30. The molecule has 2 N–H and O–H groups in total. The zero-order valence-electron chi connectivity index (χ0n) is 11.8. The van der Waals surface area contributed by atoms with E-state index in [1.165, 1.54) is 0 Å². The summed E-state index contributed by atoms with van der Waals surface area (Å²) in [5.41, 5.74) is 6.41. The Morgan fingerprint density at radius 3 is 2.33 bits per heavy atom. The molecule has 3 nitrogen and oxygen atoms in total. The van der Waals surface area contributed by atoms with Crippen LogP contribution in [0.3, 0.4) is 0 Å². The van der Waals surface area contributed by atoms with Gasteiger partial charge in [-0.25, -0.2) is 0 Å². The number of nitrogens with two attached hydrogens (primary N) is 1. The lowest BCUT2D eigenvalue weighted by molar-refractivity contribution is -0.139. The summed E-state index contributed by atoms with van der Waals surface area (Å²) in [5.74, 6) is 0.0175. The van der Waals surface area contributed by atoms with Gasteiger partial charge in [-0.2, -0.15) is 0 Å². The van der Waals surface area contributed by atoms with E-state index in [-0.39, 0.29) is 11.9 Å². The van der Waals surface area contributed by atoms with Gasteiger partial charge in [0.15, 0.2) is 0 Å². The molecule has 0 spiro atoms. The van der Waals surface area contributed by atoms with Crippen molar-refractivity contribution in [3.05, 3.63) is 35.9 Å². The molecule has 18 heavy (non-hydrogen) atoms. The van der Waals surface area contributed by atoms with E-state index in [1.807, 2.05) is 56.0 Å². The molecule has 0 radical (unpaired) electrons. The largest absolute Gasteiger partial charge is 0.334 e. The molecule has 0 bridgehead atoms. The van der Waals surface area contributed by atoms with E-state index in [0.29, 0.717) is 13.0 Å². The van der Waals surface area contributed by atoms with Crippen LogP contribution in [0.5, 0.6) is 0 Å². The normalized spacial score (nSPS) is 14.3. The van der Waals surface area contributed by atoms with Crippen LogP contribution in [0.2, 0.25) is 0 Å². The molecule has 0 aromatic heterocycles. The molecule has 0 aliphatic carbocycles. The first-order valence-corrected chi connectivity index (χ1v) is 6.52. The van der Waals surface area contributed by atoms with Crippen LogP contribution in [0.4, 0.5) is 0 Å². The number of hydrogen-bond acceptors (Lipinski definition) is 2. The molecule has 1 aromatic rings. The number of amides is 1. The van der Waals surface area contributed by atoms with Gasteiger partial charge in [0.2, 0.25) is 5.91 Å². The third kappa shape index (κ3) is 3.57. The highest BCUT2D eigenvalue weighted by Gasteiger charge is 2.32. The Morgan fingerprint density at radius 1 is 1.33 bits per heavy atom. The summed E-state index contributed by atoms with van der Waals surface area (Å²) in [6.07, 6.45) is 0.643. The van der Waals surface area contributed by atoms with Crippen molar-refractivity contribution >= 4 is 5.91 Å². The molecule has 0 heterocycles. The van der Waals surface area contributed by atoms with E-state index in [1.54, 1.807) is 6.92 Å². The van der Waals surface area contributed by atoms with Gasteiger partial charge in [-0.1, -0.05) is 37.3 Å². The second kappa shape index (κ2) is 6.01.